The van der Waals surface area contributed by atoms with Crippen LogP contribution in [0.25, 0.3) is 0 Å². The van der Waals surface area contributed by atoms with E-state index in [1.54, 1.807) is 11.1 Å². The zero-order valence-electron chi connectivity index (χ0n) is 23.5. The molecule has 2 aromatic rings. The first-order valence-corrected chi connectivity index (χ1v) is 15.1. The Morgan fingerprint density at radius 2 is 1.35 bits per heavy atom. The first-order valence-electron chi connectivity index (χ1n) is 15.1. The quantitative estimate of drug-likeness (QED) is 0.357. The van der Waals surface area contributed by atoms with Crippen molar-refractivity contribution in [1.82, 2.24) is 10.2 Å². The lowest BCUT2D eigenvalue weighted by molar-refractivity contribution is -0.134. The first kappa shape index (κ1) is 28.6. The van der Waals surface area contributed by atoms with Crippen molar-refractivity contribution in [3.8, 4) is 0 Å². The molecule has 0 spiro atoms. The van der Waals surface area contributed by atoms with Crippen molar-refractivity contribution in [1.29, 1.82) is 0 Å². The lowest BCUT2D eigenvalue weighted by atomic mass is 9.45. The lowest BCUT2D eigenvalue weighted by Crippen LogP contribution is -2.49. The normalized spacial score (nSPS) is 28.1. The summed E-state index contributed by atoms with van der Waals surface area (Å²) >= 11 is 0. The Kier molecular flexibility index (Phi) is 9.38. The first-order chi connectivity index (χ1) is 19.4. The number of aliphatic carboxylic acids is 2. The Balaban J connectivity index is 0.000000355. The average molecular weight is 545 g/mol. The number of nitrogens with one attached hydrogen (secondary N) is 1. The van der Waals surface area contributed by atoms with E-state index in [9.17, 15) is 9.59 Å². The van der Waals surface area contributed by atoms with E-state index < -0.39 is 11.9 Å². The number of carboxylic acids is 2. The number of rotatable bonds is 9. The van der Waals surface area contributed by atoms with Crippen molar-refractivity contribution < 1.29 is 19.8 Å². The molecule has 5 fully saturated rings. The third kappa shape index (κ3) is 7.21. The molecule has 0 radical (unpaired) electrons. The minimum atomic E-state index is -1.26. The van der Waals surface area contributed by atoms with Crippen molar-refractivity contribution in [3.63, 3.8) is 0 Å². The summed E-state index contributed by atoms with van der Waals surface area (Å²) in [6, 6.07) is 21.4. The van der Waals surface area contributed by atoms with E-state index in [0.29, 0.717) is 23.5 Å². The predicted octanol–water partition coefficient (Wildman–Crippen LogP) is 5.58. The molecule has 7 rings (SSSR count). The molecule has 1 aliphatic heterocycles. The molecule has 5 aliphatic rings. The topological polar surface area (TPSA) is 89.9 Å². The Morgan fingerprint density at radius 1 is 0.825 bits per heavy atom. The highest BCUT2D eigenvalue weighted by Gasteiger charge is 2.54. The molecule has 4 saturated carbocycles. The molecule has 3 N–H and O–H groups in total. The maximum atomic E-state index is 9.55. The fourth-order valence-electron chi connectivity index (χ4n) is 8.54. The summed E-state index contributed by atoms with van der Waals surface area (Å²) in [4.78, 5) is 21.7. The minimum Gasteiger partial charge on any atom is -0.478 e. The Bertz CT molecular complexity index is 1100. The third-order valence-corrected chi connectivity index (χ3v) is 9.66. The standard InChI is InChI=1S/C30H40N2.C4H4O4/c1-2-6-27(7-3-1)29(30-20-24-17-25(21-30)19-26(18-24)22-30)28-10-8-23(9-11-28)5-4-14-32-15-12-31-13-16-32;5-3(6)1-2-4(7)8/h1-3,6-11,24-26,29,31H,4-5,12-22H2;1-2H,(H,5,6)(H,7,8)/b;2-1+. The highest BCUT2D eigenvalue weighted by Crippen LogP contribution is 2.65. The lowest BCUT2D eigenvalue weighted by Gasteiger charge is -2.60. The molecule has 4 bridgehead atoms. The highest BCUT2D eigenvalue weighted by atomic mass is 16.4. The zero-order valence-corrected chi connectivity index (χ0v) is 23.5. The molecule has 1 saturated heterocycles. The molecule has 6 nitrogen and oxygen atoms in total. The van der Waals surface area contributed by atoms with Crippen LogP contribution in [0.3, 0.4) is 0 Å². The highest BCUT2D eigenvalue weighted by molar-refractivity contribution is 5.89. The maximum absolute atomic E-state index is 9.55. The number of hydrogen-bond donors (Lipinski definition) is 3. The molecule has 1 atom stereocenters. The molecule has 0 amide bonds. The third-order valence-electron chi connectivity index (χ3n) is 9.66. The molecule has 0 aromatic heterocycles. The van der Waals surface area contributed by atoms with Crippen LogP contribution in [0.5, 0.6) is 0 Å². The van der Waals surface area contributed by atoms with Gasteiger partial charge in [0.15, 0.2) is 0 Å². The van der Waals surface area contributed by atoms with Crippen molar-refractivity contribution in [2.24, 2.45) is 23.2 Å². The van der Waals surface area contributed by atoms with Crippen LogP contribution in [0, 0.1) is 23.2 Å². The average Bonchev–Trinajstić information content (AvgIpc) is 2.94. The summed E-state index contributed by atoms with van der Waals surface area (Å²) < 4.78 is 0. The van der Waals surface area contributed by atoms with Gasteiger partial charge in [-0.05, 0) is 97.8 Å². The van der Waals surface area contributed by atoms with E-state index in [-0.39, 0.29) is 0 Å². The number of benzene rings is 2. The summed E-state index contributed by atoms with van der Waals surface area (Å²) in [5.74, 6) is 1.05. The second kappa shape index (κ2) is 13.1. The Labute approximate surface area is 238 Å². The van der Waals surface area contributed by atoms with E-state index in [2.05, 4.69) is 64.8 Å². The van der Waals surface area contributed by atoms with Gasteiger partial charge in [0.1, 0.15) is 0 Å². The number of nitrogens with zero attached hydrogens (tertiary/aromatic N) is 1. The Hall–Kier alpha value is -2.96. The fraction of sp³-hybridized carbons (Fsp3) is 0.529. The smallest absolute Gasteiger partial charge is 0.328 e. The van der Waals surface area contributed by atoms with Gasteiger partial charge in [-0.25, -0.2) is 9.59 Å². The summed E-state index contributed by atoms with van der Waals surface area (Å²) in [5, 5.41) is 19.1. The summed E-state index contributed by atoms with van der Waals surface area (Å²) in [6.45, 7) is 5.97. The van der Waals surface area contributed by atoms with Crippen LogP contribution in [0.15, 0.2) is 66.7 Å². The van der Waals surface area contributed by atoms with E-state index in [4.69, 9.17) is 10.2 Å². The van der Waals surface area contributed by atoms with Gasteiger partial charge in [0.2, 0.25) is 0 Å². The SMILES string of the molecule is O=C(O)/C=C/C(=O)O.c1ccc(C(c2ccc(CCCN3CCNCC3)cc2)C23CC4CC(CC(C4)C2)C3)cc1. The molecule has 214 valence electrons. The van der Waals surface area contributed by atoms with Crippen molar-refractivity contribution >= 4 is 11.9 Å². The second-order valence-corrected chi connectivity index (χ2v) is 12.6. The molecular weight excluding hydrogens is 500 g/mol. The number of carboxylic acid groups (broad SMARTS) is 2. The summed E-state index contributed by atoms with van der Waals surface area (Å²) in [6.07, 6.45) is 12.5. The van der Waals surface area contributed by atoms with Crippen LogP contribution in [-0.2, 0) is 16.0 Å². The number of hydrogen-bond acceptors (Lipinski definition) is 4. The maximum Gasteiger partial charge on any atom is 0.328 e. The molecule has 40 heavy (non-hydrogen) atoms. The number of aryl methyl sites for hydroxylation is 1. The second-order valence-electron chi connectivity index (χ2n) is 12.6. The molecular formula is C34H44N2O4. The van der Waals surface area contributed by atoms with E-state index in [1.807, 2.05) is 0 Å². The molecule has 6 heteroatoms. The van der Waals surface area contributed by atoms with Crippen LogP contribution >= 0.6 is 0 Å². The summed E-state index contributed by atoms with van der Waals surface area (Å²) in [7, 11) is 0. The van der Waals surface area contributed by atoms with Crippen LogP contribution in [0.4, 0.5) is 0 Å². The van der Waals surface area contributed by atoms with Crippen LogP contribution in [-0.4, -0.2) is 59.8 Å². The van der Waals surface area contributed by atoms with Crippen LogP contribution in [0.1, 0.15) is 67.6 Å². The molecule has 2 aromatic carbocycles. The molecule has 1 heterocycles. The number of carbonyl (C=O) groups is 2. The van der Waals surface area contributed by atoms with Gasteiger partial charge in [-0.3, -0.25) is 0 Å². The van der Waals surface area contributed by atoms with E-state index in [1.165, 1.54) is 76.6 Å². The van der Waals surface area contributed by atoms with Gasteiger partial charge in [-0.15, -0.1) is 0 Å². The van der Waals surface area contributed by atoms with E-state index in [0.717, 1.165) is 30.8 Å². The zero-order chi connectivity index (χ0) is 28.0. The monoisotopic (exact) mass is 544 g/mol. The van der Waals surface area contributed by atoms with Gasteiger partial charge in [0.25, 0.3) is 0 Å². The molecule has 1 unspecified atom stereocenters. The van der Waals surface area contributed by atoms with Gasteiger partial charge in [-0.2, -0.15) is 0 Å². The van der Waals surface area contributed by atoms with Gasteiger partial charge in [-0.1, -0.05) is 54.6 Å². The van der Waals surface area contributed by atoms with Gasteiger partial charge in [0.05, 0.1) is 0 Å². The van der Waals surface area contributed by atoms with Gasteiger partial charge >= 0.3 is 11.9 Å². The van der Waals surface area contributed by atoms with Crippen LogP contribution < -0.4 is 5.32 Å². The minimum absolute atomic E-state index is 0.500. The molecule has 4 aliphatic carbocycles. The fourth-order valence-corrected chi connectivity index (χ4v) is 8.54. The van der Waals surface area contributed by atoms with Crippen LogP contribution in [0.2, 0.25) is 0 Å². The predicted molar refractivity (Wildman–Crippen MR) is 157 cm³/mol. The van der Waals surface area contributed by atoms with Crippen molar-refractivity contribution in [2.75, 3.05) is 32.7 Å². The van der Waals surface area contributed by atoms with Gasteiger partial charge in [0, 0.05) is 44.2 Å². The van der Waals surface area contributed by atoms with Gasteiger partial charge < -0.3 is 20.4 Å². The number of piperazine rings is 1. The van der Waals surface area contributed by atoms with E-state index >= 15 is 0 Å². The van der Waals surface area contributed by atoms with Crippen molar-refractivity contribution in [2.45, 2.75) is 57.3 Å². The van der Waals surface area contributed by atoms with Crippen molar-refractivity contribution in [3.05, 3.63) is 83.4 Å². The Morgan fingerprint density at radius 3 is 1.88 bits per heavy atom. The largest absolute Gasteiger partial charge is 0.478 e. The summed E-state index contributed by atoms with van der Waals surface area (Å²) in [5.41, 5.74) is 5.14.